The van der Waals surface area contributed by atoms with E-state index in [0.717, 1.165) is 24.0 Å². The first-order chi connectivity index (χ1) is 14.2. The van der Waals surface area contributed by atoms with Gasteiger partial charge >= 0.3 is 5.97 Å². The molecule has 1 saturated carbocycles. The fourth-order valence-corrected chi connectivity index (χ4v) is 6.56. The molecule has 2 fully saturated rings. The molecule has 2 bridgehead atoms. The summed E-state index contributed by atoms with van der Waals surface area (Å²) in [5.74, 6) is -2.42. The fraction of sp³-hybridized carbons (Fsp3) is 0.545. The zero-order valence-corrected chi connectivity index (χ0v) is 18.1. The molecular formula is C22H28N2O5S. The molecule has 1 aliphatic heterocycles. The Labute approximate surface area is 177 Å². The van der Waals surface area contributed by atoms with Crippen LogP contribution in [0, 0.1) is 37.5 Å². The summed E-state index contributed by atoms with van der Waals surface area (Å²) in [6.45, 7) is 4.83. The maximum atomic E-state index is 13.2. The molecule has 1 aromatic carbocycles. The number of rotatable bonds is 4. The van der Waals surface area contributed by atoms with E-state index in [1.54, 1.807) is 23.1 Å². The molecule has 30 heavy (non-hydrogen) atoms. The van der Waals surface area contributed by atoms with Gasteiger partial charge in [0.15, 0.2) is 0 Å². The van der Waals surface area contributed by atoms with Gasteiger partial charge < -0.3 is 10.0 Å². The topological polar surface area (TPSA) is 95.0 Å². The van der Waals surface area contributed by atoms with Crippen molar-refractivity contribution in [2.75, 3.05) is 26.2 Å². The van der Waals surface area contributed by atoms with E-state index in [-0.39, 0.29) is 48.8 Å². The highest BCUT2D eigenvalue weighted by molar-refractivity contribution is 7.89. The summed E-state index contributed by atoms with van der Waals surface area (Å²) in [4.78, 5) is 27.0. The van der Waals surface area contributed by atoms with Crippen molar-refractivity contribution in [2.24, 2.45) is 23.7 Å². The third-order valence-corrected chi connectivity index (χ3v) is 8.88. The number of hydrogen-bond acceptors (Lipinski definition) is 4. The number of nitrogens with zero attached hydrogens (tertiary/aromatic N) is 2. The molecular weight excluding hydrogens is 404 g/mol. The molecule has 1 amide bonds. The molecule has 0 radical (unpaired) electrons. The minimum Gasteiger partial charge on any atom is -0.481 e. The van der Waals surface area contributed by atoms with Crippen molar-refractivity contribution in [3.63, 3.8) is 0 Å². The van der Waals surface area contributed by atoms with Crippen LogP contribution in [0.1, 0.15) is 24.0 Å². The van der Waals surface area contributed by atoms with E-state index in [1.165, 1.54) is 4.31 Å². The lowest BCUT2D eigenvalue weighted by Crippen LogP contribution is -2.55. The Bertz CT molecular complexity index is 995. The van der Waals surface area contributed by atoms with Crippen LogP contribution in [0.15, 0.2) is 35.2 Å². The first kappa shape index (κ1) is 21.1. The van der Waals surface area contributed by atoms with Crippen LogP contribution in [0.2, 0.25) is 0 Å². The van der Waals surface area contributed by atoms with Gasteiger partial charge in [0, 0.05) is 26.2 Å². The quantitative estimate of drug-likeness (QED) is 0.735. The number of carboxylic acids is 1. The number of piperazine rings is 1. The number of benzene rings is 1. The molecule has 1 saturated heterocycles. The summed E-state index contributed by atoms with van der Waals surface area (Å²) in [5.41, 5.74) is 1.96. The van der Waals surface area contributed by atoms with Crippen LogP contribution < -0.4 is 0 Å². The minimum atomic E-state index is -3.62. The third kappa shape index (κ3) is 3.56. The number of carboxylic acid groups (broad SMARTS) is 1. The van der Waals surface area contributed by atoms with Crippen LogP contribution in [0.4, 0.5) is 0 Å². The van der Waals surface area contributed by atoms with Crippen molar-refractivity contribution < 1.29 is 23.1 Å². The Morgan fingerprint density at radius 3 is 2.07 bits per heavy atom. The van der Waals surface area contributed by atoms with Gasteiger partial charge in [-0.1, -0.05) is 18.2 Å². The van der Waals surface area contributed by atoms with Gasteiger partial charge in [-0.15, -0.1) is 0 Å². The minimum absolute atomic E-state index is 0.0408. The second-order valence-electron chi connectivity index (χ2n) is 8.66. The number of carbonyl (C=O) groups excluding carboxylic acids is 1. The van der Waals surface area contributed by atoms with E-state index in [9.17, 15) is 23.1 Å². The zero-order chi connectivity index (χ0) is 21.6. The maximum Gasteiger partial charge on any atom is 0.307 e. The van der Waals surface area contributed by atoms with Gasteiger partial charge in [-0.25, -0.2) is 8.42 Å². The summed E-state index contributed by atoms with van der Waals surface area (Å²) in [5, 5.41) is 9.70. The Morgan fingerprint density at radius 1 is 0.933 bits per heavy atom. The van der Waals surface area contributed by atoms with Crippen LogP contribution >= 0.6 is 0 Å². The fourth-order valence-electron chi connectivity index (χ4n) is 5.05. The van der Waals surface area contributed by atoms with Crippen LogP contribution in [0.3, 0.4) is 0 Å². The lowest BCUT2D eigenvalue weighted by Gasteiger charge is -2.45. The molecule has 5 rings (SSSR count). The normalized spacial score (nSPS) is 29.2. The Hall–Kier alpha value is -2.19. The summed E-state index contributed by atoms with van der Waals surface area (Å²) in [7, 11) is -3.62. The Morgan fingerprint density at radius 2 is 1.53 bits per heavy atom. The predicted octanol–water partition coefficient (Wildman–Crippen LogP) is 2.05. The molecule has 162 valence electrons. The van der Waals surface area contributed by atoms with E-state index in [1.807, 2.05) is 26.0 Å². The van der Waals surface area contributed by atoms with E-state index >= 15 is 0 Å². The highest BCUT2D eigenvalue weighted by Crippen LogP contribution is 2.45. The van der Waals surface area contributed by atoms with Crippen molar-refractivity contribution >= 4 is 21.9 Å². The van der Waals surface area contributed by atoms with Gasteiger partial charge in [0.2, 0.25) is 15.9 Å². The molecule has 0 aromatic heterocycles. The Balaban J connectivity index is 1.46. The maximum absolute atomic E-state index is 13.2. The van der Waals surface area contributed by atoms with Crippen molar-refractivity contribution in [1.82, 2.24) is 9.21 Å². The average Bonchev–Trinajstić information content (AvgIpc) is 2.75. The highest BCUT2D eigenvalue weighted by Gasteiger charge is 2.49. The summed E-state index contributed by atoms with van der Waals surface area (Å²) in [6.07, 6.45) is 5.59. The van der Waals surface area contributed by atoms with Crippen LogP contribution in [0.25, 0.3) is 0 Å². The highest BCUT2D eigenvalue weighted by atomic mass is 32.2. The summed E-state index contributed by atoms with van der Waals surface area (Å²) in [6, 6.07) is 5.11. The van der Waals surface area contributed by atoms with E-state index in [4.69, 9.17) is 0 Å². The number of aliphatic carboxylic acids is 1. The Kier molecular flexibility index (Phi) is 5.48. The smallest absolute Gasteiger partial charge is 0.307 e. The largest absolute Gasteiger partial charge is 0.481 e. The van der Waals surface area contributed by atoms with Crippen molar-refractivity contribution in [3.8, 4) is 0 Å². The third-order valence-electron chi connectivity index (χ3n) is 6.99. The van der Waals surface area contributed by atoms with Gasteiger partial charge in [0.05, 0.1) is 16.7 Å². The first-order valence-corrected chi connectivity index (χ1v) is 11.9. The predicted molar refractivity (Wildman–Crippen MR) is 111 cm³/mol. The molecule has 0 spiro atoms. The standard InChI is InChI=1S/C22H28N2O5S/c1-14-3-8-18(13-15(14)2)30(28,29)24-11-9-23(10-12-24)21(25)19-16-4-6-17(7-5-16)20(19)22(26)27/h3-4,6,8,13,16-17,19-20H,5,7,9-12H2,1-2H3,(H,26,27)/t16-,17-,19+,20-/m0/s1. The molecule has 8 heteroatoms. The lowest BCUT2D eigenvalue weighted by atomic mass is 9.62. The SMILES string of the molecule is Cc1ccc(S(=O)(=O)N2CCN(C(=O)[C@H]3[C@@H](C(=O)O)[C@H]4C=C[C@H]3CC4)CC2)cc1C. The number of amides is 1. The van der Waals surface area contributed by atoms with Gasteiger partial charge in [0.25, 0.3) is 0 Å². The van der Waals surface area contributed by atoms with Gasteiger partial charge in [-0.2, -0.15) is 4.31 Å². The number of carbonyl (C=O) groups is 2. The number of fused-ring (bicyclic) bond motifs is 2. The van der Waals surface area contributed by atoms with Crippen LogP contribution in [0.5, 0.6) is 0 Å². The zero-order valence-electron chi connectivity index (χ0n) is 17.3. The molecule has 7 nitrogen and oxygen atoms in total. The second kappa shape index (κ2) is 7.81. The molecule has 4 atom stereocenters. The number of sulfonamides is 1. The molecule has 1 aromatic rings. The first-order valence-electron chi connectivity index (χ1n) is 10.5. The lowest BCUT2D eigenvalue weighted by molar-refractivity contribution is -0.157. The number of aryl methyl sites for hydroxylation is 2. The van der Waals surface area contributed by atoms with Gasteiger partial charge in [-0.05, 0) is 61.8 Å². The van der Waals surface area contributed by atoms with Crippen molar-refractivity contribution in [3.05, 3.63) is 41.5 Å². The van der Waals surface area contributed by atoms with Gasteiger partial charge in [0.1, 0.15) is 0 Å². The average molecular weight is 433 g/mol. The second-order valence-corrected chi connectivity index (χ2v) is 10.6. The van der Waals surface area contributed by atoms with Crippen molar-refractivity contribution in [2.45, 2.75) is 31.6 Å². The van der Waals surface area contributed by atoms with E-state index in [2.05, 4.69) is 0 Å². The molecule has 3 aliphatic carbocycles. The van der Waals surface area contributed by atoms with Crippen molar-refractivity contribution in [1.29, 1.82) is 0 Å². The van der Waals surface area contributed by atoms with Gasteiger partial charge in [-0.3, -0.25) is 9.59 Å². The molecule has 1 N–H and O–H groups in total. The monoisotopic (exact) mass is 432 g/mol. The molecule has 1 heterocycles. The van der Waals surface area contributed by atoms with E-state index < -0.39 is 27.8 Å². The number of allylic oxidation sites excluding steroid dienone is 2. The molecule has 4 aliphatic rings. The summed E-state index contributed by atoms with van der Waals surface area (Å²) >= 11 is 0. The van der Waals surface area contributed by atoms with E-state index in [0.29, 0.717) is 0 Å². The summed E-state index contributed by atoms with van der Waals surface area (Å²) < 4.78 is 27.4. The molecule has 0 unspecified atom stereocenters. The number of hydrogen-bond donors (Lipinski definition) is 1. The van der Waals surface area contributed by atoms with Crippen LogP contribution in [-0.2, 0) is 19.6 Å². The van der Waals surface area contributed by atoms with Crippen LogP contribution in [-0.4, -0.2) is 60.8 Å².